The van der Waals surface area contributed by atoms with Gasteiger partial charge in [0.2, 0.25) is 0 Å². The van der Waals surface area contributed by atoms with E-state index < -0.39 is 10.1 Å². The highest BCUT2D eigenvalue weighted by Gasteiger charge is 2.15. The van der Waals surface area contributed by atoms with Crippen molar-refractivity contribution in [2.45, 2.75) is 39.8 Å². The van der Waals surface area contributed by atoms with Gasteiger partial charge in [0.05, 0.1) is 5.75 Å². The minimum Gasteiger partial charge on any atom is -0.382 e. The summed E-state index contributed by atoms with van der Waals surface area (Å²) in [4.78, 5) is 14.3. The van der Waals surface area contributed by atoms with E-state index in [1.165, 1.54) is 19.1 Å². The second-order valence-corrected chi connectivity index (χ2v) is 8.50. The van der Waals surface area contributed by atoms with E-state index in [1.54, 1.807) is 41.3 Å². The van der Waals surface area contributed by atoms with Gasteiger partial charge in [-0.25, -0.2) is 9.18 Å². The third-order valence-electron chi connectivity index (χ3n) is 4.25. The van der Waals surface area contributed by atoms with Crippen LogP contribution >= 0.6 is 0 Å². The molecule has 0 bridgehead atoms. The first-order valence-electron chi connectivity index (χ1n) is 9.61. The molecule has 0 aliphatic rings. The molecule has 2 amide bonds. The minimum absolute atomic E-state index is 0.113. The number of carbonyl (C=O) groups excluding carboxylic acids is 1. The molecule has 0 aliphatic carbocycles. The molecule has 0 heterocycles. The van der Waals surface area contributed by atoms with Gasteiger partial charge in [0.25, 0.3) is 0 Å². The molecule has 0 aliphatic heterocycles. The average Bonchev–Trinajstić information content (AvgIpc) is 2.70. The molecule has 0 spiro atoms. The van der Waals surface area contributed by atoms with Crippen LogP contribution in [0.2, 0.25) is 0 Å². The molecular formula is C21H27FN2O4S. The molecule has 0 atom stereocenters. The molecule has 8 heteroatoms. The van der Waals surface area contributed by atoms with Crippen molar-refractivity contribution in [3.05, 3.63) is 65.5 Å². The van der Waals surface area contributed by atoms with Gasteiger partial charge in [0, 0.05) is 19.6 Å². The van der Waals surface area contributed by atoms with Crippen molar-refractivity contribution in [2.24, 2.45) is 0 Å². The highest BCUT2D eigenvalue weighted by molar-refractivity contribution is 7.87. The summed E-state index contributed by atoms with van der Waals surface area (Å²) in [6.45, 7) is 4.77. The summed E-state index contributed by atoms with van der Waals surface area (Å²) in [7, 11) is -3.58. The van der Waals surface area contributed by atoms with Crippen LogP contribution in [0.1, 0.15) is 37.8 Å². The highest BCUT2D eigenvalue weighted by Crippen LogP contribution is 2.17. The Morgan fingerprint density at radius 1 is 1.00 bits per heavy atom. The van der Waals surface area contributed by atoms with E-state index in [2.05, 4.69) is 5.32 Å². The van der Waals surface area contributed by atoms with Crippen molar-refractivity contribution >= 4 is 16.1 Å². The van der Waals surface area contributed by atoms with Gasteiger partial charge in [0.15, 0.2) is 0 Å². The summed E-state index contributed by atoms with van der Waals surface area (Å²) < 4.78 is 41.3. The topological polar surface area (TPSA) is 75.7 Å². The van der Waals surface area contributed by atoms with E-state index in [1.807, 2.05) is 6.92 Å². The van der Waals surface area contributed by atoms with Crippen LogP contribution in [0, 0.1) is 5.82 Å². The van der Waals surface area contributed by atoms with Gasteiger partial charge in [-0.2, -0.15) is 8.42 Å². The smallest absolute Gasteiger partial charge is 0.318 e. The maximum Gasteiger partial charge on any atom is 0.318 e. The van der Waals surface area contributed by atoms with Crippen LogP contribution in [-0.2, 0) is 23.2 Å². The maximum atomic E-state index is 13.2. The van der Waals surface area contributed by atoms with Crippen LogP contribution in [0.3, 0.4) is 0 Å². The van der Waals surface area contributed by atoms with Gasteiger partial charge in [-0.1, -0.05) is 37.6 Å². The Morgan fingerprint density at radius 2 is 1.55 bits per heavy atom. The van der Waals surface area contributed by atoms with Crippen molar-refractivity contribution in [1.82, 2.24) is 10.2 Å². The molecule has 2 rings (SSSR count). The van der Waals surface area contributed by atoms with Gasteiger partial charge < -0.3 is 14.4 Å². The number of rotatable bonds is 10. The predicted octanol–water partition coefficient (Wildman–Crippen LogP) is 4.07. The van der Waals surface area contributed by atoms with E-state index in [-0.39, 0.29) is 23.4 Å². The van der Waals surface area contributed by atoms with Crippen molar-refractivity contribution in [2.75, 3.05) is 12.3 Å². The fraction of sp³-hybridized carbons (Fsp3) is 0.381. The molecule has 0 unspecified atom stereocenters. The van der Waals surface area contributed by atoms with Gasteiger partial charge in [0.1, 0.15) is 11.6 Å². The largest absolute Gasteiger partial charge is 0.382 e. The lowest BCUT2D eigenvalue weighted by atomic mass is 10.1. The SMILES string of the molecule is CCCCNC(=O)N(Cc1ccc(F)cc1)Cc1ccc(OS(=O)(=O)CC)cc1. The van der Waals surface area contributed by atoms with Crippen molar-refractivity contribution in [3.8, 4) is 5.75 Å². The zero-order chi connectivity index (χ0) is 21.3. The molecular weight excluding hydrogens is 395 g/mol. The number of nitrogens with one attached hydrogen (secondary N) is 1. The quantitative estimate of drug-likeness (QED) is 0.463. The molecule has 0 saturated heterocycles. The first-order chi connectivity index (χ1) is 13.8. The van der Waals surface area contributed by atoms with Gasteiger partial charge in [-0.15, -0.1) is 0 Å². The zero-order valence-corrected chi connectivity index (χ0v) is 17.5. The summed E-state index contributed by atoms with van der Waals surface area (Å²) >= 11 is 0. The molecule has 0 saturated carbocycles. The lowest BCUT2D eigenvalue weighted by molar-refractivity contribution is 0.192. The molecule has 158 valence electrons. The van der Waals surface area contributed by atoms with Gasteiger partial charge >= 0.3 is 16.1 Å². The Labute approximate surface area is 171 Å². The maximum absolute atomic E-state index is 13.2. The van der Waals surface area contributed by atoms with Crippen molar-refractivity contribution < 1.29 is 21.8 Å². The Balaban J connectivity index is 2.11. The summed E-state index contributed by atoms with van der Waals surface area (Å²) in [5, 5.41) is 2.89. The second kappa shape index (κ2) is 10.8. The van der Waals surface area contributed by atoms with Crippen LogP contribution < -0.4 is 9.50 Å². The molecule has 0 fully saturated rings. The number of hydrogen-bond acceptors (Lipinski definition) is 4. The number of amides is 2. The zero-order valence-electron chi connectivity index (χ0n) is 16.7. The summed E-state index contributed by atoms with van der Waals surface area (Å²) in [5.74, 6) is -0.212. The number of carbonyl (C=O) groups is 1. The second-order valence-electron chi connectivity index (χ2n) is 6.64. The number of hydrogen-bond donors (Lipinski definition) is 1. The molecule has 29 heavy (non-hydrogen) atoms. The number of halogens is 1. The Kier molecular flexibility index (Phi) is 8.45. The monoisotopic (exact) mass is 422 g/mol. The first kappa shape index (κ1) is 22.7. The van der Waals surface area contributed by atoms with E-state index in [4.69, 9.17) is 4.18 Å². The lowest BCUT2D eigenvalue weighted by Crippen LogP contribution is -2.39. The van der Waals surface area contributed by atoms with Gasteiger partial charge in [-0.3, -0.25) is 0 Å². The van der Waals surface area contributed by atoms with Crippen LogP contribution in [0.15, 0.2) is 48.5 Å². The molecule has 1 N–H and O–H groups in total. The van der Waals surface area contributed by atoms with E-state index >= 15 is 0 Å². The fourth-order valence-corrected chi connectivity index (χ4v) is 3.09. The van der Waals surface area contributed by atoms with Crippen molar-refractivity contribution in [3.63, 3.8) is 0 Å². The first-order valence-corrected chi connectivity index (χ1v) is 11.2. The van der Waals surface area contributed by atoms with Crippen LogP contribution in [-0.4, -0.2) is 31.6 Å². The summed E-state index contributed by atoms with van der Waals surface area (Å²) in [6, 6.07) is 12.4. The minimum atomic E-state index is -3.58. The predicted molar refractivity (Wildman–Crippen MR) is 110 cm³/mol. The number of urea groups is 1. The molecule has 0 radical (unpaired) electrons. The van der Waals surface area contributed by atoms with E-state index in [0.717, 1.165) is 24.0 Å². The molecule has 6 nitrogen and oxygen atoms in total. The highest BCUT2D eigenvalue weighted by atomic mass is 32.2. The fourth-order valence-electron chi connectivity index (χ4n) is 2.57. The molecule has 2 aromatic rings. The Morgan fingerprint density at radius 3 is 2.07 bits per heavy atom. The van der Waals surface area contributed by atoms with Crippen LogP contribution in [0.25, 0.3) is 0 Å². The normalized spacial score (nSPS) is 11.1. The van der Waals surface area contributed by atoms with Crippen LogP contribution in [0.5, 0.6) is 5.75 Å². The summed E-state index contributed by atoms with van der Waals surface area (Å²) in [5.41, 5.74) is 1.63. The number of unbranched alkanes of at least 4 members (excludes halogenated alkanes) is 1. The third-order valence-corrected chi connectivity index (χ3v) is 5.41. The lowest BCUT2D eigenvalue weighted by Gasteiger charge is -2.23. The number of nitrogens with zero attached hydrogens (tertiary/aromatic N) is 1. The van der Waals surface area contributed by atoms with E-state index in [0.29, 0.717) is 19.6 Å². The Hall–Kier alpha value is -2.61. The van der Waals surface area contributed by atoms with Gasteiger partial charge in [-0.05, 0) is 48.7 Å². The molecule has 2 aromatic carbocycles. The third kappa shape index (κ3) is 7.73. The van der Waals surface area contributed by atoms with Crippen LogP contribution in [0.4, 0.5) is 9.18 Å². The average molecular weight is 423 g/mol. The standard InChI is InChI=1S/C21H27FN2O4S/c1-3-5-14-23-21(25)24(15-17-6-10-19(22)11-7-17)16-18-8-12-20(13-9-18)28-29(26,27)4-2/h6-13H,3-5,14-16H2,1-2H3,(H,23,25). The van der Waals surface area contributed by atoms with E-state index in [9.17, 15) is 17.6 Å². The number of benzene rings is 2. The molecule has 0 aromatic heterocycles. The summed E-state index contributed by atoms with van der Waals surface area (Å²) in [6.07, 6.45) is 1.86. The Bertz CT molecular complexity index is 884. The van der Waals surface area contributed by atoms with Crippen molar-refractivity contribution in [1.29, 1.82) is 0 Å².